The highest BCUT2D eigenvalue weighted by molar-refractivity contribution is 7.89. The Morgan fingerprint density at radius 3 is 2.41 bits per heavy atom. The zero-order chi connectivity index (χ0) is 22.5. The predicted molar refractivity (Wildman–Crippen MR) is 121 cm³/mol. The molecule has 1 amide bonds. The number of fused-ring (bicyclic) bond motifs is 4. The number of rotatable bonds is 3. The number of amides is 1. The molecule has 0 radical (unpaired) electrons. The first-order valence-corrected chi connectivity index (χ1v) is 12.8. The number of benzene rings is 1. The maximum atomic E-state index is 13.3. The van der Waals surface area contributed by atoms with Crippen LogP contribution in [0.1, 0.15) is 36.4 Å². The Morgan fingerprint density at radius 2 is 1.69 bits per heavy atom. The van der Waals surface area contributed by atoms with Gasteiger partial charge in [-0.05, 0) is 50.3 Å². The number of aryl methyl sites for hydroxylation is 1. The van der Waals surface area contributed by atoms with Gasteiger partial charge in [-0.25, -0.2) is 8.42 Å². The van der Waals surface area contributed by atoms with Crippen LogP contribution in [0.15, 0.2) is 52.2 Å². The van der Waals surface area contributed by atoms with Crippen LogP contribution in [-0.4, -0.2) is 54.3 Å². The molecule has 32 heavy (non-hydrogen) atoms. The van der Waals surface area contributed by atoms with Crippen LogP contribution >= 0.6 is 0 Å². The summed E-state index contributed by atoms with van der Waals surface area (Å²) < 4.78 is 29.3. The van der Waals surface area contributed by atoms with Gasteiger partial charge in [-0.1, -0.05) is 23.8 Å². The second kappa shape index (κ2) is 8.15. The van der Waals surface area contributed by atoms with Crippen molar-refractivity contribution in [1.29, 1.82) is 0 Å². The van der Waals surface area contributed by atoms with Crippen molar-refractivity contribution in [2.45, 2.75) is 43.5 Å². The molecule has 0 spiro atoms. The Kier molecular flexibility index (Phi) is 5.45. The predicted octanol–water partition coefficient (Wildman–Crippen LogP) is 2.20. The third-order valence-electron chi connectivity index (χ3n) is 7.25. The lowest BCUT2D eigenvalue weighted by Crippen LogP contribution is -2.52. The average molecular weight is 456 g/mol. The van der Waals surface area contributed by atoms with Crippen molar-refractivity contribution in [3.05, 3.63) is 64.1 Å². The van der Waals surface area contributed by atoms with Gasteiger partial charge in [0.25, 0.3) is 5.56 Å². The van der Waals surface area contributed by atoms with Crippen molar-refractivity contribution < 1.29 is 13.2 Å². The maximum absolute atomic E-state index is 13.3. The van der Waals surface area contributed by atoms with Crippen LogP contribution in [0.25, 0.3) is 0 Å². The molecule has 170 valence electrons. The van der Waals surface area contributed by atoms with Gasteiger partial charge < -0.3 is 9.47 Å². The summed E-state index contributed by atoms with van der Waals surface area (Å²) >= 11 is 0. The summed E-state index contributed by atoms with van der Waals surface area (Å²) in [6.07, 6.45) is 2.11. The molecule has 0 N–H and O–H groups in total. The first-order valence-electron chi connectivity index (χ1n) is 11.4. The van der Waals surface area contributed by atoms with Gasteiger partial charge >= 0.3 is 0 Å². The van der Waals surface area contributed by atoms with Crippen LogP contribution in [0, 0.1) is 18.8 Å². The molecule has 7 nitrogen and oxygen atoms in total. The lowest BCUT2D eigenvalue weighted by atomic mass is 9.82. The largest absolute Gasteiger partial charge is 0.341 e. The van der Waals surface area contributed by atoms with Crippen molar-refractivity contribution in [1.82, 2.24) is 13.8 Å². The van der Waals surface area contributed by atoms with Gasteiger partial charge in [-0.15, -0.1) is 0 Å². The molecule has 2 aromatic rings. The Bertz CT molecular complexity index is 1180. The van der Waals surface area contributed by atoms with Gasteiger partial charge in [0.05, 0.1) is 4.90 Å². The van der Waals surface area contributed by atoms with Gasteiger partial charge in [-0.3, -0.25) is 9.59 Å². The summed E-state index contributed by atoms with van der Waals surface area (Å²) in [7, 11) is -3.53. The van der Waals surface area contributed by atoms with E-state index in [1.54, 1.807) is 24.3 Å². The number of aromatic nitrogens is 1. The van der Waals surface area contributed by atoms with E-state index in [4.69, 9.17) is 0 Å². The molecule has 4 heterocycles. The summed E-state index contributed by atoms with van der Waals surface area (Å²) in [5.41, 5.74) is 2.09. The number of carbonyl (C=O) groups is 1. The molecule has 8 heteroatoms. The van der Waals surface area contributed by atoms with Gasteiger partial charge in [0.2, 0.25) is 15.9 Å². The van der Waals surface area contributed by atoms with Gasteiger partial charge in [-0.2, -0.15) is 4.31 Å². The third kappa shape index (κ3) is 3.79. The molecule has 0 aliphatic carbocycles. The molecule has 2 fully saturated rings. The van der Waals surface area contributed by atoms with Crippen molar-refractivity contribution in [3.63, 3.8) is 0 Å². The highest BCUT2D eigenvalue weighted by Crippen LogP contribution is 2.36. The highest BCUT2D eigenvalue weighted by atomic mass is 32.2. The minimum atomic E-state index is -3.53. The van der Waals surface area contributed by atoms with E-state index in [-0.39, 0.29) is 23.3 Å². The molecule has 2 saturated heterocycles. The first-order chi connectivity index (χ1) is 15.3. The van der Waals surface area contributed by atoms with E-state index in [2.05, 4.69) is 0 Å². The molecule has 1 aromatic heterocycles. The Morgan fingerprint density at radius 1 is 0.969 bits per heavy atom. The van der Waals surface area contributed by atoms with Crippen LogP contribution in [0.2, 0.25) is 0 Å². The number of pyridine rings is 1. The molecular weight excluding hydrogens is 426 g/mol. The standard InChI is InChI=1S/C24H29N3O4S/c1-17-5-7-21(8-6-17)32(30,31)26-11-9-19(10-12-26)24(29)25-14-18-13-20(16-25)22-3-2-4-23(28)27(22)15-18/h2-8,18-20H,9-16H2,1H3. The molecule has 0 saturated carbocycles. The van der Waals surface area contributed by atoms with E-state index >= 15 is 0 Å². The Balaban J connectivity index is 1.25. The fourth-order valence-electron chi connectivity index (χ4n) is 5.54. The van der Waals surface area contributed by atoms with E-state index in [9.17, 15) is 18.0 Å². The van der Waals surface area contributed by atoms with Gasteiger partial charge in [0, 0.05) is 56.3 Å². The fraction of sp³-hybridized carbons (Fsp3) is 0.500. The van der Waals surface area contributed by atoms with E-state index in [0.29, 0.717) is 56.4 Å². The monoisotopic (exact) mass is 455 g/mol. The number of hydrogen-bond donors (Lipinski definition) is 0. The molecule has 2 unspecified atom stereocenters. The van der Waals surface area contributed by atoms with Crippen LogP contribution in [0.4, 0.5) is 0 Å². The minimum absolute atomic E-state index is 0.0409. The van der Waals surface area contributed by atoms with Gasteiger partial charge in [0.15, 0.2) is 0 Å². The lowest BCUT2D eigenvalue weighted by Gasteiger charge is -2.44. The number of sulfonamides is 1. The smallest absolute Gasteiger partial charge is 0.250 e. The summed E-state index contributed by atoms with van der Waals surface area (Å²) in [4.78, 5) is 27.8. The van der Waals surface area contributed by atoms with E-state index in [1.165, 1.54) is 4.31 Å². The van der Waals surface area contributed by atoms with Crippen LogP contribution in [0.3, 0.4) is 0 Å². The average Bonchev–Trinajstić information content (AvgIpc) is 2.79. The SMILES string of the molecule is Cc1ccc(S(=O)(=O)N2CCC(C(=O)N3CC4CC(C3)c3cccc(=O)n3C4)CC2)cc1. The lowest BCUT2D eigenvalue weighted by molar-refractivity contribution is -0.139. The van der Waals surface area contributed by atoms with Crippen molar-refractivity contribution >= 4 is 15.9 Å². The number of nitrogens with zero attached hydrogens (tertiary/aromatic N) is 3. The molecule has 2 atom stereocenters. The summed E-state index contributed by atoms with van der Waals surface area (Å²) in [6.45, 7) is 4.65. The fourth-order valence-corrected chi connectivity index (χ4v) is 7.01. The van der Waals surface area contributed by atoms with Gasteiger partial charge in [0.1, 0.15) is 0 Å². The van der Waals surface area contributed by atoms with E-state index < -0.39 is 10.0 Å². The van der Waals surface area contributed by atoms with Crippen LogP contribution in [-0.2, 0) is 21.4 Å². The molecule has 2 bridgehead atoms. The number of carbonyl (C=O) groups excluding carboxylic acids is 1. The second-order valence-electron chi connectivity index (χ2n) is 9.43. The van der Waals surface area contributed by atoms with Crippen molar-refractivity contribution in [2.75, 3.05) is 26.2 Å². The first kappa shape index (κ1) is 21.4. The molecular formula is C24H29N3O4S. The molecule has 1 aromatic carbocycles. The normalized spacial score (nSPS) is 24.2. The zero-order valence-electron chi connectivity index (χ0n) is 18.3. The number of hydrogen-bond acceptors (Lipinski definition) is 4. The summed E-state index contributed by atoms with van der Waals surface area (Å²) in [5, 5.41) is 0. The minimum Gasteiger partial charge on any atom is -0.341 e. The summed E-state index contributed by atoms with van der Waals surface area (Å²) in [6, 6.07) is 12.3. The quantitative estimate of drug-likeness (QED) is 0.711. The molecule has 3 aliphatic rings. The zero-order valence-corrected chi connectivity index (χ0v) is 19.1. The van der Waals surface area contributed by atoms with Crippen LogP contribution in [0.5, 0.6) is 0 Å². The highest BCUT2D eigenvalue weighted by Gasteiger charge is 2.39. The van der Waals surface area contributed by atoms with Crippen molar-refractivity contribution in [2.24, 2.45) is 11.8 Å². The number of piperidine rings is 2. The topological polar surface area (TPSA) is 79.7 Å². The Labute approximate surface area is 188 Å². The summed E-state index contributed by atoms with van der Waals surface area (Å²) in [5.74, 6) is 0.490. The third-order valence-corrected chi connectivity index (χ3v) is 9.17. The maximum Gasteiger partial charge on any atom is 0.250 e. The van der Waals surface area contributed by atoms with E-state index in [0.717, 1.165) is 17.7 Å². The molecule has 3 aliphatic heterocycles. The van der Waals surface area contributed by atoms with E-state index in [1.807, 2.05) is 34.6 Å². The Hall–Kier alpha value is -2.45. The van der Waals surface area contributed by atoms with Crippen molar-refractivity contribution in [3.8, 4) is 0 Å². The number of likely N-dealkylation sites (tertiary alicyclic amines) is 1. The van der Waals surface area contributed by atoms with Crippen LogP contribution < -0.4 is 5.56 Å². The second-order valence-corrected chi connectivity index (χ2v) is 11.4. The molecule has 5 rings (SSSR count).